The standard InChI is InChI=1S/C19H12N8S8/c1-34-9-10(35-2)18-23-16-8(33)6(31)14-21-12-4(29)3(28)11-20-13-5(30)7(32)15-22-17(9)27(18)19(24(11)12,25(13)15)26(14)16/h22-23,30-33H,1-2H3. The minimum atomic E-state index is -1.05. The Labute approximate surface area is 240 Å². The van der Waals surface area contributed by atoms with Crippen molar-refractivity contribution in [2.45, 2.75) is 35.3 Å². The summed E-state index contributed by atoms with van der Waals surface area (Å²) in [4.78, 5) is 17.8. The van der Waals surface area contributed by atoms with Gasteiger partial charge >= 0.3 is 5.91 Å². The van der Waals surface area contributed by atoms with E-state index in [4.69, 9.17) is 84.9 Å². The van der Waals surface area contributed by atoms with Crippen LogP contribution in [0.1, 0.15) is 0 Å². The average molecular weight is 609 g/mol. The molecule has 1 saturated heterocycles. The molecule has 3 aromatic heterocycles. The summed E-state index contributed by atoms with van der Waals surface area (Å²) in [6.07, 6.45) is 4.15. The second kappa shape index (κ2) is 6.64. The summed E-state index contributed by atoms with van der Waals surface area (Å²) < 4.78 is 6.44. The second-order valence-electron chi connectivity index (χ2n) is 8.22. The van der Waals surface area contributed by atoms with Crippen LogP contribution in [0.2, 0.25) is 0 Å². The van der Waals surface area contributed by atoms with E-state index in [1.807, 2.05) is 4.90 Å². The summed E-state index contributed by atoms with van der Waals surface area (Å²) in [7, 11) is 0. The average Bonchev–Trinajstić information content (AvgIpc) is 3.48. The quantitative estimate of drug-likeness (QED) is 0.128. The Balaban J connectivity index is 1.69. The molecule has 8 nitrogen and oxygen atoms in total. The minimum Gasteiger partial charge on any atom is -0.325 e. The van der Waals surface area contributed by atoms with Gasteiger partial charge in [0.2, 0.25) is 0 Å². The Morgan fingerprint density at radius 1 is 0.686 bits per heavy atom. The van der Waals surface area contributed by atoms with Crippen molar-refractivity contribution in [1.29, 1.82) is 0 Å². The number of anilines is 4. The molecule has 5 aliphatic heterocycles. The van der Waals surface area contributed by atoms with Crippen LogP contribution in [0.3, 0.4) is 0 Å². The lowest BCUT2D eigenvalue weighted by Crippen LogP contribution is -2.67. The highest BCUT2D eigenvalue weighted by Crippen LogP contribution is 2.63. The zero-order chi connectivity index (χ0) is 24.3. The van der Waals surface area contributed by atoms with Crippen molar-refractivity contribution in [3.05, 3.63) is 0 Å². The third-order valence-corrected chi connectivity index (χ3v) is 11.5. The molecule has 0 unspecified atom stereocenters. The number of aliphatic imine (C=N–C) groups is 2. The topological polar surface area (TPSA) is 66.8 Å². The molecule has 8 heterocycles. The molecule has 0 aromatic carbocycles. The Morgan fingerprint density at radius 3 is 1.51 bits per heavy atom. The highest BCUT2D eigenvalue weighted by atomic mass is 32.2. The van der Waals surface area contributed by atoms with E-state index >= 15 is 0 Å². The minimum absolute atomic E-state index is 0.484. The van der Waals surface area contributed by atoms with Crippen molar-refractivity contribution >= 4 is 155 Å². The van der Waals surface area contributed by atoms with E-state index in [1.165, 1.54) is 0 Å². The van der Waals surface area contributed by atoms with Crippen LogP contribution >= 0.6 is 98.5 Å². The SMILES string of the molecule is CSc1c(SC)c2n3c1Nc1c(S)c(S)c4n1C31N3C(=N4)C(=S)C(=S)C3=Nc3c(S)c(S)c(n31)N2. The summed E-state index contributed by atoms with van der Waals surface area (Å²) in [5, 5.41) is 7.28. The summed E-state index contributed by atoms with van der Waals surface area (Å²) in [6.45, 7) is 0. The molecule has 176 valence electrons. The number of nitrogens with one attached hydrogen (secondary N) is 2. The molecule has 2 N–H and O–H groups in total. The van der Waals surface area contributed by atoms with Crippen molar-refractivity contribution in [1.82, 2.24) is 18.6 Å². The molecule has 1 spiro atoms. The smallest absolute Gasteiger partial charge is 0.305 e. The van der Waals surface area contributed by atoms with E-state index in [0.29, 0.717) is 52.6 Å². The van der Waals surface area contributed by atoms with E-state index in [1.54, 1.807) is 23.5 Å². The van der Waals surface area contributed by atoms with Crippen molar-refractivity contribution in [2.24, 2.45) is 9.98 Å². The van der Waals surface area contributed by atoms with Gasteiger partial charge in [-0.1, -0.05) is 24.4 Å². The van der Waals surface area contributed by atoms with Gasteiger partial charge in [-0.15, -0.1) is 74.0 Å². The summed E-state index contributed by atoms with van der Waals surface area (Å²) in [5.41, 5.74) is 0. The van der Waals surface area contributed by atoms with Crippen LogP contribution in [0.4, 0.5) is 34.9 Å². The molecule has 16 heteroatoms. The Hall–Kier alpha value is -1.14. The highest BCUT2D eigenvalue weighted by Gasteiger charge is 2.65. The second-order valence-corrected chi connectivity index (χ2v) is 12.5. The number of amidine groups is 2. The van der Waals surface area contributed by atoms with Crippen LogP contribution in [-0.2, 0) is 5.91 Å². The predicted octanol–water partition coefficient (Wildman–Crippen LogP) is 5.61. The first kappa shape index (κ1) is 21.9. The van der Waals surface area contributed by atoms with Crippen molar-refractivity contribution < 1.29 is 0 Å². The van der Waals surface area contributed by atoms with Gasteiger partial charge in [-0.05, 0) is 12.5 Å². The predicted molar refractivity (Wildman–Crippen MR) is 162 cm³/mol. The van der Waals surface area contributed by atoms with Gasteiger partial charge in [0.1, 0.15) is 33.0 Å². The number of rotatable bonds is 2. The first-order valence-corrected chi connectivity index (χ1v) is 15.2. The van der Waals surface area contributed by atoms with E-state index in [9.17, 15) is 0 Å². The van der Waals surface area contributed by atoms with Gasteiger partial charge in [-0.3, -0.25) is 0 Å². The molecule has 0 atom stereocenters. The van der Waals surface area contributed by atoms with Gasteiger partial charge < -0.3 is 10.6 Å². The largest absolute Gasteiger partial charge is 0.325 e. The maximum Gasteiger partial charge on any atom is 0.305 e. The Bertz CT molecular complexity index is 1600. The van der Waals surface area contributed by atoms with Crippen molar-refractivity contribution in [3.8, 4) is 0 Å². The van der Waals surface area contributed by atoms with E-state index in [-0.39, 0.29) is 0 Å². The number of hydrogen-bond donors (Lipinski definition) is 6. The number of thiol groups is 4. The maximum absolute atomic E-state index is 5.82. The van der Waals surface area contributed by atoms with Gasteiger partial charge in [0.05, 0.1) is 29.4 Å². The molecule has 0 saturated carbocycles. The maximum atomic E-state index is 5.82. The summed E-state index contributed by atoms with van der Waals surface area (Å²) >= 11 is 34.4. The summed E-state index contributed by atoms with van der Waals surface area (Å²) in [6, 6.07) is 0. The first-order valence-electron chi connectivity index (χ1n) is 10.1. The molecule has 0 radical (unpaired) electrons. The molecule has 1 fully saturated rings. The Morgan fingerprint density at radius 2 is 1.11 bits per heavy atom. The fraction of sp³-hybridized carbons (Fsp3) is 0.158. The molecule has 8 rings (SSSR count). The van der Waals surface area contributed by atoms with Gasteiger partial charge in [0, 0.05) is 0 Å². The highest BCUT2D eigenvalue weighted by molar-refractivity contribution is 8.01. The molecule has 3 aromatic rings. The third-order valence-electron chi connectivity index (χ3n) is 6.82. The lowest BCUT2D eigenvalue weighted by atomic mass is 10.3. The molecule has 0 aliphatic carbocycles. The van der Waals surface area contributed by atoms with Gasteiger partial charge in [-0.25, -0.2) is 28.6 Å². The van der Waals surface area contributed by atoms with Crippen LogP contribution in [0.5, 0.6) is 0 Å². The number of thiocarbonyl (C=S) groups is 2. The van der Waals surface area contributed by atoms with Crippen LogP contribution in [0, 0.1) is 0 Å². The number of nitrogens with zero attached hydrogens (tertiary/aromatic N) is 6. The molecular weight excluding hydrogens is 597 g/mol. The fourth-order valence-electron chi connectivity index (χ4n) is 5.54. The van der Waals surface area contributed by atoms with Crippen LogP contribution in [-0.4, -0.2) is 52.5 Å². The number of thioether (sulfide) groups is 2. The van der Waals surface area contributed by atoms with Gasteiger partial charge in [0.25, 0.3) is 0 Å². The lowest BCUT2D eigenvalue weighted by Gasteiger charge is -2.54. The molecule has 0 amide bonds. The normalized spacial score (nSPS) is 18.7. The zero-order valence-electron chi connectivity index (χ0n) is 17.6. The Kier molecular flexibility index (Phi) is 4.16. The van der Waals surface area contributed by atoms with Crippen LogP contribution in [0.25, 0.3) is 0 Å². The molecule has 0 bridgehead atoms. The van der Waals surface area contributed by atoms with Gasteiger partial charge in [0.15, 0.2) is 23.3 Å². The molecule has 5 aliphatic rings. The van der Waals surface area contributed by atoms with Crippen LogP contribution in [0.15, 0.2) is 39.4 Å². The van der Waals surface area contributed by atoms with E-state index in [0.717, 1.165) is 33.1 Å². The van der Waals surface area contributed by atoms with Crippen molar-refractivity contribution in [2.75, 3.05) is 23.1 Å². The first-order chi connectivity index (χ1) is 16.8. The number of hydrogen-bond acceptors (Lipinski definition) is 13. The zero-order valence-corrected chi connectivity index (χ0v) is 24.4. The van der Waals surface area contributed by atoms with E-state index < -0.39 is 5.91 Å². The van der Waals surface area contributed by atoms with Crippen LogP contribution < -0.4 is 10.6 Å². The molecular formula is C19H12N8S8. The number of aromatic nitrogens is 3. The summed E-state index contributed by atoms with van der Waals surface area (Å²) in [5.74, 6) is 4.74. The third kappa shape index (κ3) is 2.07. The van der Waals surface area contributed by atoms with E-state index in [2.05, 4.69) is 36.8 Å². The fourth-order valence-corrected chi connectivity index (χ4v) is 8.76. The van der Waals surface area contributed by atoms with Crippen molar-refractivity contribution in [3.63, 3.8) is 0 Å². The van der Waals surface area contributed by atoms with Gasteiger partial charge in [-0.2, -0.15) is 0 Å². The monoisotopic (exact) mass is 608 g/mol. The lowest BCUT2D eigenvalue weighted by molar-refractivity contribution is 0.0625. The molecule has 35 heavy (non-hydrogen) atoms.